The van der Waals surface area contributed by atoms with Crippen LogP contribution in [0.25, 0.3) is 0 Å². The lowest BCUT2D eigenvalue weighted by Gasteiger charge is -2.31. The first-order valence-electron chi connectivity index (χ1n) is 9.22. The number of piperidine rings is 1. The number of ether oxygens (including phenoxy) is 1. The van der Waals surface area contributed by atoms with E-state index in [0.717, 1.165) is 4.31 Å². The molecular formula is C19H23ClN2O6S. The number of hydrogen-bond acceptors (Lipinski definition) is 6. The van der Waals surface area contributed by atoms with Gasteiger partial charge in [-0.05, 0) is 44.9 Å². The van der Waals surface area contributed by atoms with Crippen LogP contribution in [0.1, 0.15) is 37.0 Å². The van der Waals surface area contributed by atoms with E-state index in [1.807, 2.05) is 0 Å². The molecule has 3 rings (SSSR count). The topological polar surface area (TPSA) is 101 Å². The summed E-state index contributed by atoms with van der Waals surface area (Å²) in [7, 11) is -2.50. The molecule has 0 aromatic heterocycles. The number of halogens is 1. The van der Waals surface area contributed by atoms with Crippen LogP contribution in [0.5, 0.6) is 0 Å². The van der Waals surface area contributed by atoms with Gasteiger partial charge in [-0.1, -0.05) is 11.6 Å². The van der Waals surface area contributed by atoms with E-state index < -0.39 is 21.3 Å². The standard InChI is InChI=1S/C19H23ClN2O6S/c1-19(2)11-29(26,27)22(18(19)25)13-4-5-15(20)14(10-13)16(23)21-8-6-12(7-9-21)17(24)28-3/h4-5,10,12H,6-9,11H2,1-3H3. The van der Waals surface area contributed by atoms with Gasteiger partial charge in [-0.3, -0.25) is 14.4 Å². The van der Waals surface area contributed by atoms with Crippen molar-refractivity contribution in [3.8, 4) is 0 Å². The van der Waals surface area contributed by atoms with Gasteiger partial charge in [0.1, 0.15) is 0 Å². The highest BCUT2D eigenvalue weighted by Gasteiger charge is 2.50. The number of esters is 1. The third-order valence-corrected chi connectivity index (χ3v) is 7.67. The number of benzene rings is 1. The molecule has 1 aromatic carbocycles. The summed E-state index contributed by atoms with van der Waals surface area (Å²) in [5, 5.41) is 0.164. The fourth-order valence-corrected chi connectivity index (χ4v) is 6.02. The number of likely N-dealkylation sites (tertiary alicyclic amines) is 1. The van der Waals surface area contributed by atoms with Gasteiger partial charge in [-0.15, -0.1) is 0 Å². The number of hydrogen-bond donors (Lipinski definition) is 0. The van der Waals surface area contributed by atoms with Crippen LogP contribution in [-0.4, -0.2) is 57.1 Å². The van der Waals surface area contributed by atoms with Crippen LogP contribution in [0.2, 0.25) is 5.02 Å². The second-order valence-corrected chi connectivity index (χ2v) is 10.2. The van der Waals surface area contributed by atoms with E-state index in [4.69, 9.17) is 16.3 Å². The lowest BCUT2D eigenvalue weighted by atomic mass is 9.95. The molecule has 2 aliphatic heterocycles. The van der Waals surface area contributed by atoms with Gasteiger partial charge in [0.2, 0.25) is 15.9 Å². The van der Waals surface area contributed by atoms with Crippen molar-refractivity contribution in [1.29, 1.82) is 0 Å². The predicted octanol–water partition coefficient (Wildman–Crippen LogP) is 2.07. The fraction of sp³-hybridized carbons (Fsp3) is 0.526. The van der Waals surface area contributed by atoms with Crippen molar-refractivity contribution in [3.63, 3.8) is 0 Å². The van der Waals surface area contributed by atoms with E-state index in [9.17, 15) is 22.8 Å². The molecule has 158 valence electrons. The van der Waals surface area contributed by atoms with E-state index in [2.05, 4.69) is 0 Å². The van der Waals surface area contributed by atoms with Crippen molar-refractivity contribution in [2.75, 3.05) is 30.3 Å². The minimum Gasteiger partial charge on any atom is -0.469 e. The number of amides is 2. The molecule has 0 radical (unpaired) electrons. The second kappa shape index (κ2) is 7.60. The Morgan fingerprint density at radius 1 is 1.21 bits per heavy atom. The number of methoxy groups -OCH3 is 1. The van der Waals surface area contributed by atoms with Crippen LogP contribution in [0.15, 0.2) is 18.2 Å². The molecular weight excluding hydrogens is 420 g/mol. The summed E-state index contributed by atoms with van der Waals surface area (Å²) in [6.45, 7) is 3.85. The third-order valence-electron chi connectivity index (χ3n) is 5.32. The molecule has 2 aliphatic rings. The Labute approximate surface area is 174 Å². The van der Waals surface area contributed by atoms with Crippen molar-refractivity contribution in [2.24, 2.45) is 11.3 Å². The van der Waals surface area contributed by atoms with Gasteiger partial charge in [0.25, 0.3) is 5.91 Å². The van der Waals surface area contributed by atoms with Crippen molar-refractivity contribution < 1.29 is 27.5 Å². The van der Waals surface area contributed by atoms with E-state index >= 15 is 0 Å². The van der Waals surface area contributed by atoms with Gasteiger partial charge in [-0.2, -0.15) is 0 Å². The van der Waals surface area contributed by atoms with Crippen molar-refractivity contribution in [2.45, 2.75) is 26.7 Å². The molecule has 2 amide bonds. The largest absolute Gasteiger partial charge is 0.469 e. The highest BCUT2D eigenvalue weighted by molar-refractivity contribution is 7.94. The molecule has 0 spiro atoms. The number of nitrogens with zero attached hydrogens (tertiary/aromatic N) is 2. The fourth-order valence-electron chi connectivity index (χ4n) is 3.72. The van der Waals surface area contributed by atoms with Gasteiger partial charge in [0, 0.05) is 13.1 Å². The van der Waals surface area contributed by atoms with Gasteiger partial charge in [-0.25, -0.2) is 12.7 Å². The number of sulfonamides is 1. The van der Waals surface area contributed by atoms with E-state index in [-0.39, 0.29) is 39.8 Å². The highest BCUT2D eigenvalue weighted by Crippen LogP contribution is 2.37. The van der Waals surface area contributed by atoms with Gasteiger partial charge < -0.3 is 9.64 Å². The Bertz CT molecular complexity index is 967. The Morgan fingerprint density at radius 2 is 1.83 bits per heavy atom. The normalized spacial score (nSPS) is 21.3. The molecule has 0 unspecified atom stereocenters. The van der Waals surface area contributed by atoms with Crippen LogP contribution in [0, 0.1) is 11.3 Å². The zero-order valence-electron chi connectivity index (χ0n) is 16.5. The maximum Gasteiger partial charge on any atom is 0.308 e. The predicted molar refractivity (Wildman–Crippen MR) is 107 cm³/mol. The van der Waals surface area contributed by atoms with Crippen LogP contribution >= 0.6 is 11.6 Å². The SMILES string of the molecule is COC(=O)C1CCN(C(=O)c2cc(N3C(=O)C(C)(C)CS3(=O)=O)ccc2Cl)CC1. The van der Waals surface area contributed by atoms with Crippen molar-refractivity contribution in [3.05, 3.63) is 28.8 Å². The van der Waals surface area contributed by atoms with Gasteiger partial charge in [0.05, 0.1) is 40.5 Å². The average Bonchev–Trinajstić information content (AvgIpc) is 2.84. The minimum absolute atomic E-state index is 0.0952. The summed E-state index contributed by atoms with van der Waals surface area (Å²) in [5.74, 6) is -1.76. The molecule has 10 heteroatoms. The minimum atomic E-state index is -3.83. The Balaban J connectivity index is 1.86. The smallest absolute Gasteiger partial charge is 0.308 e. The van der Waals surface area contributed by atoms with Crippen LogP contribution in [0.4, 0.5) is 5.69 Å². The monoisotopic (exact) mass is 442 g/mol. The lowest BCUT2D eigenvalue weighted by molar-refractivity contribution is -0.146. The molecule has 2 heterocycles. The van der Waals surface area contributed by atoms with Crippen molar-refractivity contribution >= 4 is 45.1 Å². The van der Waals surface area contributed by atoms with Crippen LogP contribution < -0.4 is 4.31 Å². The van der Waals surface area contributed by atoms with Crippen molar-refractivity contribution in [1.82, 2.24) is 4.90 Å². The first-order chi connectivity index (χ1) is 13.5. The van der Waals surface area contributed by atoms with Gasteiger partial charge in [0.15, 0.2) is 0 Å². The summed E-state index contributed by atoms with van der Waals surface area (Å²) in [5.41, 5.74) is -0.829. The molecule has 29 heavy (non-hydrogen) atoms. The van der Waals surface area contributed by atoms with Crippen LogP contribution in [0.3, 0.4) is 0 Å². The zero-order valence-corrected chi connectivity index (χ0v) is 18.0. The highest BCUT2D eigenvalue weighted by atomic mass is 35.5. The molecule has 0 atom stereocenters. The number of carbonyl (C=O) groups excluding carboxylic acids is 3. The Morgan fingerprint density at radius 3 is 2.34 bits per heavy atom. The van der Waals surface area contributed by atoms with Gasteiger partial charge >= 0.3 is 5.97 Å². The molecule has 2 saturated heterocycles. The summed E-state index contributed by atoms with van der Waals surface area (Å²) in [6, 6.07) is 4.17. The number of carbonyl (C=O) groups is 3. The molecule has 8 nitrogen and oxygen atoms in total. The molecule has 0 N–H and O–H groups in total. The summed E-state index contributed by atoms with van der Waals surface area (Å²) >= 11 is 6.21. The molecule has 0 saturated carbocycles. The molecule has 2 fully saturated rings. The first kappa shape index (κ1) is 21.6. The maximum absolute atomic E-state index is 13.0. The summed E-state index contributed by atoms with van der Waals surface area (Å²) in [6.07, 6.45) is 0.950. The molecule has 1 aromatic rings. The Hall–Kier alpha value is -2.13. The van der Waals surface area contributed by atoms with E-state index in [0.29, 0.717) is 25.9 Å². The van der Waals surface area contributed by atoms with E-state index in [1.54, 1.807) is 18.7 Å². The zero-order chi connectivity index (χ0) is 21.6. The second-order valence-electron chi connectivity index (χ2n) is 7.96. The number of rotatable bonds is 3. The molecule has 0 aliphatic carbocycles. The van der Waals surface area contributed by atoms with E-state index in [1.165, 1.54) is 25.3 Å². The number of anilines is 1. The Kier molecular flexibility index (Phi) is 5.66. The lowest BCUT2D eigenvalue weighted by Crippen LogP contribution is -2.40. The van der Waals surface area contributed by atoms with Crippen LogP contribution in [-0.2, 0) is 24.3 Å². The average molecular weight is 443 g/mol. The summed E-state index contributed by atoms with van der Waals surface area (Å²) < 4.78 is 30.5. The maximum atomic E-state index is 13.0. The first-order valence-corrected chi connectivity index (χ1v) is 11.2. The third kappa shape index (κ3) is 3.98. The molecule has 0 bridgehead atoms. The quantitative estimate of drug-likeness (QED) is 0.664. The summed E-state index contributed by atoms with van der Waals surface area (Å²) in [4.78, 5) is 38.8.